The normalized spacial score (nSPS) is 24.1. The van der Waals surface area contributed by atoms with Gasteiger partial charge in [0.2, 0.25) is 0 Å². The first kappa shape index (κ1) is 13.1. The number of carbonyl (C=O) groups excluding carboxylic acids is 1. The zero-order chi connectivity index (χ0) is 13.3. The van der Waals surface area contributed by atoms with E-state index >= 15 is 0 Å². The fourth-order valence-electron chi connectivity index (χ4n) is 2.56. The zero-order valence-electron chi connectivity index (χ0n) is 11.7. The van der Waals surface area contributed by atoms with Crippen LogP contribution >= 0.6 is 0 Å². The third-order valence-corrected chi connectivity index (χ3v) is 3.82. The summed E-state index contributed by atoms with van der Waals surface area (Å²) in [5.74, 6) is 0.152. The van der Waals surface area contributed by atoms with E-state index in [2.05, 4.69) is 33.0 Å². The predicted octanol–water partition coefficient (Wildman–Crippen LogP) is 2.13. The number of rotatable bonds is 1. The Kier molecular flexibility index (Phi) is 3.71. The predicted molar refractivity (Wildman–Crippen MR) is 73.9 cm³/mol. The maximum absolute atomic E-state index is 12.6. The second-order valence-corrected chi connectivity index (χ2v) is 5.37. The van der Waals surface area contributed by atoms with Crippen LogP contribution in [0.2, 0.25) is 0 Å². The van der Waals surface area contributed by atoms with Gasteiger partial charge >= 0.3 is 0 Å². The Morgan fingerprint density at radius 2 is 1.78 bits per heavy atom. The van der Waals surface area contributed by atoms with Crippen LogP contribution in [0.4, 0.5) is 0 Å². The summed E-state index contributed by atoms with van der Waals surface area (Å²) in [7, 11) is 0. The lowest BCUT2D eigenvalue weighted by molar-refractivity contribution is 0.0544. The zero-order valence-corrected chi connectivity index (χ0v) is 11.7. The molecule has 0 bridgehead atoms. The minimum absolute atomic E-state index is 0.152. The maximum atomic E-state index is 12.6. The van der Waals surface area contributed by atoms with Crippen molar-refractivity contribution in [3.8, 4) is 0 Å². The second kappa shape index (κ2) is 5.11. The van der Waals surface area contributed by atoms with Crippen LogP contribution in [0.15, 0.2) is 18.2 Å². The van der Waals surface area contributed by atoms with E-state index in [0.717, 1.165) is 18.7 Å². The van der Waals surface area contributed by atoms with Gasteiger partial charge in [0.25, 0.3) is 5.91 Å². The van der Waals surface area contributed by atoms with Crippen LogP contribution in [-0.4, -0.2) is 36.0 Å². The molecular weight excluding hydrogens is 224 g/mol. The number of nitrogens with zero attached hydrogens (tertiary/aromatic N) is 1. The number of piperazine rings is 1. The van der Waals surface area contributed by atoms with Gasteiger partial charge in [-0.2, -0.15) is 0 Å². The number of nitrogens with one attached hydrogen (secondary N) is 1. The molecule has 0 radical (unpaired) electrons. The smallest absolute Gasteiger partial charge is 0.254 e. The van der Waals surface area contributed by atoms with Crippen LogP contribution in [-0.2, 0) is 0 Å². The molecule has 1 saturated heterocycles. The summed E-state index contributed by atoms with van der Waals surface area (Å²) in [5, 5.41) is 3.35. The third-order valence-electron chi connectivity index (χ3n) is 3.82. The Bertz CT molecular complexity index is 446. The lowest BCUT2D eigenvalue weighted by atomic mass is 10.0. The van der Waals surface area contributed by atoms with Crippen LogP contribution in [0.3, 0.4) is 0 Å². The van der Waals surface area contributed by atoms with E-state index in [-0.39, 0.29) is 18.0 Å². The number of carbonyl (C=O) groups is 1. The summed E-state index contributed by atoms with van der Waals surface area (Å²) in [6.07, 6.45) is 0. The third kappa shape index (κ3) is 2.41. The molecule has 1 amide bonds. The SMILES string of the molecule is Cc1ccc(C(=O)N2C(C)CNCC2C)cc1C. The number of hydrogen-bond donors (Lipinski definition) is 1. The molecule has 1 aromatic rings. The molecular formula is C15H22N2O. The molecule has 1 N–H and O–H groups in total. The van der Waals surface area contributed by atoms with Crippen LogP contribution in [0.5, 0.6) is 0 Å². The summed E-state index contributed by atoms with van der Waals surface area (Å²) in [5.41, 5.74) is 3.21. The van der Waals surface area contributed by atoms with E-state index in [9.17, 15) is 4.79 Å². The molecule has 1 aliphatic rings. The van der Waals surface area contributed by atoms with Gasteiger partial charge < -0.3 is 10.2 Å². The van der Waals surface area contributed by atoms with Crippen molar-refractivity contribution < 1.29 is 4.79 Å². The molecule has 0 saturated carbocycles. The number of hydrogen-bond acceptors (Lipinski definition) is 2. The fraction of sp³-hybridized carbons (Fsp3) is 0.533. The minimum Gasteiger partial charge on any atom is -0.331 e. The van der Waals surface area contributed by atoms with Crippen LogP contribution in [0.1, 0.15) is 35.3 Å². The lowest BCUT2D eigenvalue weighted by Crippen LogP contribution is -2.57. The largest absolute Gasteiger partial charge is 0.331 e. The van der Waals surface area contributed by atoms with Crippen molar-refractivity contribution in [1.29, 1.82) is 0 Å². The molecule has 3 heteroatoms. The summed E-state index contributed by atoms with van der Waals surface area (Å²) in [6.45, 7) is 10.1. The van der Waals surface area contributed by atoms with E-state index in [1.807, 2.05) is 23.1 Å². The summed E-state index contributed by atoms with van der Waals surface area (Å²) < 4.78 is 0. The minimum atomic E-state index is 0.152. The molecule has 98 valence electrons. The lowest BCUT2D eigenvalue weighted by Gasteiger charge is -2.39. The van der Waals surface area contributed by atoms with Crippen LogP contribution < -0.4 is 5.32 Å². The summed E-state index contributed by atoms with van der Waals surface area (Å²) >= 11 is 0. The highest BCUT2D eigenvalue weighted by Crippen LogP contribution is 2.17. The molecule has 2 unspecified atom stereocenters. The molecule has 2 rings (SSSR count). The highest BCUT2D eigenvalue weighted by Gasteiger charge is 2.29. The van der Waals surface area contributed by atoms with Gasteiger partial charge in [0, 0.05) is 30.7 Å². The van der Waals surface area contributed by atoms with Crippen molar-refractivity contribution in [3.63, 3.8) is 0 Å². The van der Waals surface area contributed by atoms with Gasteiger partial charge in [-0.25, -0.2) is 0 Å². The fourth-order valence-corrected chi connectivity index (χ4v) is 2.56. The van der Waals surface area contributed by atoms with Crippen molar-refractivity contribution in [3.05, 3.63) is 34.9 Å². The molecule has 1 aliphatic heterocycles. The molecule has 0 aromatic heterocycles. The van der Waals surface area contributed by atoms with Gasteiger partial charge in [0.05, 0.1) is 0 Å². The first-order valence-electron chi connectivity index (χ1n) is 6.61. The van der Waals surface area contributed by atoms with E-state index in [4.69, 9.17) is 0 Å². The van der Waals surface area contributed by atoms with E-state index in [0.29, 0.717) is 0 Å². The van der Waals surface area contributed by atoms with E-state index in [1.54, 1.807) is 0 Å². The van der Waals surface area contributed by atoms with Gasteiger partial charge in [-0.3, -0.25) is 4.79 Å². The Morgan fingerprint density at radius 1 is 1.17 bits per heavy atom. The average molecular weight is 246 g/mol. The molecule has 1 fully saturated rings. The van der Waals surface area contributed by atoms with Gasteiger partial charge in [0.1, 0.15) is 0 Å². The van der Waals surface area contributed by atoms with Gasteiger partial charge in [-0.15, -0.1) is 0 Å². The topological polar surface area (TPSA) is 32.3 Å². The summed E-state index contributed by atoms with van der Waals surface area (Å²) in [4.78, 5) is 14.6. The molecule has 1 heterocycles. The van der Waals surface area contributed by atoms with E-state index < -0.39 is 0 Å². The Labute approximate surface area is 109 Å². The monoisotopic (exact) mass is 246 g/mol. The molecule has 2 atom stereocenters. The molecule has 3 nitrogen and oxygen atoms in total. The maximum Gasteiger partial charge on any atom is 0.254 e. The molecule has 1 aromatic carbocycles. The first-order chi connectivity index (χ1) is 8.50. The highest BCUT2D eigenvalue weighted by molar-refractivity contribution is 5.95. The molecule has 18 heavy (non-hydrogen) atoms. The Hall–Kier alpha value is -1.35. The quantitative estimate of drug-likeness (QED) is 0.823. The first-order valence-corrected chi connectivity index (χ1v) is 6.61. The van der Waals surface area contributed by atoms with Gasteiger partial charge in [-0.05, 0) is 51.0 Å². The number of aryl methyl sites for hydroxylation is 2. The van der Waals surface area contributed by atoms with Crippen LogP contribution in [0.25, 0.3) is 0 Å². The molecule has 0 aliphatic carbocycles. The van der Waals surface area contributed by atoms with Crippen molar-refractivity contribution in [2.45, 2.75) is 39.8 Å². The van der Waals surface area contributed by atoms with Crippen molar-refractivity contribution in [2.75, 3.05) is 13.1 Å². The van der Waals surface area contributed by atoms with Crippen molar-refractivity contribution >= 4 is 5.91 Å². The standard InChI is InChI=1S/C15H22N2O/c1-10-5-6-14(7-11(10)2)15(18)17-12(3)8-16-9-13(17)4/h5-7,12-13,16H,8-9H2,1-4H3. The Balaban J connectivity index is 2.26. The Morgan fingerprint density at radius 3 is 2.33 bits per heavy atom. The van der Waals surface area contributed by atoms with Crippen molar-refractivity contribution in [2.24, 2.45) is 0 Å². The van der Waals surface area contributed by atoms with Crippen molar-refractivity contribution in [1.82, 2.24) is 10.2 Å². The highest BCUT2D eigenvalue weighted by atomic mass is 16.2. The molecule has 0 spiro atoms. The second-order valence-electron chi connectivity index (χ2n) is 5.37. The van der Waals surface area contributed by atoms with E-state index in [1.165, 1.54) is 11.1 Å². The number of benzene rings is 1. The van der Waals surface area contributed by atoms with Crippen LogP contribution in [0, 0.1) is 13.8 Å². The number of amides is 1. The van der Waals surface area contributed by atoms with Gasteiger partial charge in [-0.1, -0.05) is 6.07 Å². The average Bonchev–Trinajstić information content (AvgIpc) is 2.32. The summed E-state index contributed by atoms with van der Waals surface area (Å²) in [6, 6.07) is 6.47. The van der Waals surface area contributed by atoms with Gasteiger partial charge in [0.15, 0.2) is 0 Å².